The molecule has 9 aromatic rings. The molecule has 0 saturated heterocycles. The Morgan fingerprint density at radius 3 is 1.98 bits per heavy atom. The Bertz CT molecular complexity index is 2890. The molecule has 0 spiro atoms. The van der Waals surface area contributed by atoms with E-state index in [0.717, 1.165) is 40.4 Å². The second-order valence-corrected chi connectivity index (χ2v) is 14.1. The quantitative estimate of drug-likeness (QED) is 0.185. The van der Waals surface area contributed by atoms with Gasteiger partial charge in [-0.1, -0.05) is 152 Å². The van der Waals surface area contributed by atoms with E-state index in [-0.39, 0.29) is 0 Å². The van der Waals surface area contributed by atoms with E-state index in [0.29, 0.717) is 0 Å². The third-order valence-corrected chi connectivity index (χ3v) is 11.1. The van der Waals surface area contributed by atoms with Crippen LogP contribution >= 0.6 is 0 Å². The number of allylic oxidation sites excluding steroid dienone is 1. The van der Waals surface area contributed by atoms with Crippen LogP contribution in [0.2, 0.25) is 0 Å². The SMILES string of the molecule is C1=C2Cc3c(oc4cccc(c34)N(c3ccc(-c4ccc(-c5cccc6ccccc56)cc4)cc3)c3ccc(-c4ccccc4)c2c3)-c2ccccc21. The van der Waals surface area contributed by atoms with Gasteiger partial charge in [0.05, 0.1) is 5.69 Å². The zero-order chi connectivity index (χ0) is 34.9. The van der Waals surface area contributed by atoms with E-state index in [2.05, 4.69) is 193 Å². The maximum atomic E-state index is 6.80. The Balaban J connectivity index is 1.06. The molecule has 53 heavy (non-hydrogen) atoms. The highest BCUT2D eigenvalue weighted by atomic mass is 16.3. The summed E-state index contributed by atoms with van der Waals surface area (Å²) in [7, 11) is 0. The largest absolute Gasteiger partial charge is 0.456 e. The van der Waals surface area contributed by atoms with E-state index < -0.39 is 0 Å². The first kappa shape index (κ1) is 29.8. The number of hydrogen-bond acceptors (Lipinski definition) is 2. The standard InChI is InChI=1S/C51H33NO/c1-2-10-35(11-3-1)44-29-28-41-32-46(44)39-30-38-13-5-7-16-45(38)51-47(31-39)50-48(18-9-19-49(50)53-51)52(41)40-26-24-34(25-27-40)33-20-22-37(23-21-33)43-17-8-14-36-12-4-6-15-42(36)43/h1-30,32H,31H2. The molecule has 0 unspecified atom stereocenters. The summed E-state index contributed by atoms with van der Waals surface area (Å²) in [6.07, 6.45) is 3.15. The van der Waals surface area contributed by atoms with Crippen molar-refractivity contribution in [2.75, 3.05) is 4.90 Å². The van der Waals surface area contributed by atoms with Crippen molar-refractivity contribution in [3.63, 3.8) is 0 Å². The van der Waals surface area contributed by atoms with E-state index in [1.807, 2.05) is 0 Å². The van der Waals surface area contributed by atoms with Crippen molar-refractivity contribution in [3.8, 4) is 44.7 Å². The van der Waals surface area contributed by atoms with Gasteiger partial charge in [0.2, 0.25) is 0 Å². The maximum Gasteiger partial charge on any atom is 0.139 e. The first-order valence-corrected chi connectivity index (χ1v) is 18.3. The molecule has 1 aliphatic carbocycles. The molecule has 0 radical (unpaired) electrons. The first-order valence-electron chi connectivity index (χ1n) is 18.3. The lowest BCUT2D eigenvalue weighted by Gasteiger charge is -2.27. The lowest BCUT2D eigenvalue weighted by atomic mass is 9.90. The van der Waals surface area contributed by atoms with Crippen LogP contribution in [-0.4, -0.2) is 0 Å². The predicted octanol–water partition coefficient (Wildman–Crippen LogP) is 14.1. The minimum atomic E-state index is 0.777. The summed E-state index contributed by atoms with van der Waals surface area (Å²) in [5.41, 5.74) is 17.7. The van der Waals surface area contributed by atoms with Crippen LogP contribution in [0, 0.1) is 0 Å². The summed E-state index contributed by atoms with van der Waals surface area (Å²) in [6, 6.07) is 66.0. The van der Waals surface area contributed by atoms with Gasteiger partial charge >= 0.3 is 0 Å². The van der Waals surface area contributed by atoms with Crippen molar-refractivity contribution in [1.29, 1.82) is 0 Å². The topological polar surface area (TPSA) is 16.4 Å². The number of furan rings is 1. The summed E-state index contributed by atoms with van der Waals surface area (Å²) >= 11 is 0. The van der Waals surface area contributed by atoms with Gasteiger partial charge in [0.1, 0.15) is 11.3 Å². The Labute approximate surface area is 308 Å². The van der Waals surface area contributed by atoms with E-state index >= 15 is 0 Å². The lowest BCUT2D eigenvalue weighted by Crippen LogP contribution is -2.10. The predicted molar refractivity (Wildman–Crippen MR) is 222 cm³/mol. The second-order valence-electron chi connectivity index (χ2n) is 14.1. The molecule has 1 aliphatic heterocycles. The second kappa shape index (κ2) is 11.8. The lowest BCUT2D eigenvalue weighted by molar-refractivity contribution is 0.628. The molecule has 2 heterocycles. The summed E-state index contributed by atoms with van der Waals surface area (Å²) in [6.45, 7) is 0. The third-order valence-electron chi connectivity index (χ3n) is 11.1. The third kappa shape index (κ3) is 4.80. The zero-order valence-corrected chi connectivity index (χ0v) is 29.0. The van der Waals surface area contributed by atoms with Gasteiger partial charge in [-0.05, 0) is 97.3 Å². The molecule has 248 valence electrons. The Hall–Kier alpha value is -6.90. The molecule has 0 atom stereocenters. The van der Waals surface area contributed by atoms with Gasteiger partial charge < -0.3 is 9.32 Å². The number of anilines is 3. The van der Waals surface area contributed by atoms with E-state index in [1.165, 1.54) is 71.8 Å². The highest BCUT2D eigenvalue weighted by Gasteiger charge is 2.29. The van der Waals surface area contributed by atoms with Crippen LogP contribution in [0.3, 0.4) is 0 Å². The molecule has 2 heteroatoms. The average Bonchev–Trinajstić information content (AvgIpc) is 3.53. The number of rotatable bonds is 4. The van der Waals surface area contributed by atoms with Gasteiger partial charge in [0, 0.05) is 34.3 Å². The molecular formula is C51H33NO. The van der Waals surface area contributed by atoms with Gasteiger partial charge in [-0.3, -0.25) is 0 Å². The molecule has 0 amide bonds. The van der Waals surface area contributed by atoms with Crippen LogP contribution in [0.1, 0.15) is 16.7 Å². The van der Waals surface area contributed by atoms with Crippen LogP contribution in [-0.2, 0) is 6.42 Å². The van der Waals surface area contributed by atoms with Gasteiger partial charge in [0.15, 0.2) is 0 Å². The van der Waals surface area contributed by atoms with Gasteiger partial charge in [-0.25, -0.2) is 0 Å². The molecule has 4 bridgehead atoms. The zero-order valence-electron chi connectivity index (χ0n) is 29.0. The fourth-order valence-corrected chi connectivity index (χ4v) is 8.55. The fraction of sp³-hybridized carbons (Fsp3) is 0.0196. The summed E-state index contributed by atoms with van der Waals surface area (Å²) < 4.78 is 6.80. The number of fused-ring (bicyclic) bond motifs is 7. The van der Waals surface area contributed by atoms with E-state index in [9.17, 15) is 0 Å². The highest BCUT2D eigenvalue weighted by molar-refractivity contribution is 6.07. The van der Waals surface area contributed by atoms with Crippen LogP contribution in [0.25, 0.3) is 78.1 Å². The van der Waals surface area contributed by atoms with Crippen molar-refractivity contribution in [1.82, 2.24) is 0 Å². The van der Waals surface area contributed by atoms with Gasteiger partial charge in [0.25, 0.3) is 0 Å². The number of hydrogen-bond donors (Lipinski definition) is 0. The van der Waals surface area contributed by atoms with Gasteiger partial charge in [-0.15, -0.1) is 0 Å². The van der Waals surface area contributed by atoms with Crippen LogP contribution < -0.4 is 4.90 Å². The minimum Gasteiger partial charge on any atom is -0.456 e. The fourth-order valence-electron chi connectivity index (χ4n) is 8.55. The molecule has 0 saturated carbocycles. The molecule has 2 aliphatic rings. The van der Waals surface area contributed by atoms with Crippen molar-refractivity contribution in [3.05, 3.63) is 199 Å². The van der Waals surface area contributed by atoms with Crippen molar-refractivity contribution in [2.45, 2.75) is 6.42 Å². The molecule has 1 aromatic heterocycles. The number of benzene rings is 8. The Kier molecular flexibility index (Phi) is 6.65. The number of nitrogens with zero attached hydrogens (tertiary/aromatic N) is 1. The van der Waals surface area contributed by atoms with Crippen molar-refractivity contribution < 1.29 is 4.42 Å². The summed E-state index contributed by atoms with van der Waals surface area (Å²) in [5.74, 6) is 0.966. The van der Waals surface area contributed by atoms with E-state index in [1.54, 1.807) is 0 Å². The van der Waals surface area contributed by atoms with Crippen molar-refractivity contribution >= 4 is 50.5 Å². The van der Waals surface area contributed by atoms with Crippen molar-refractivity contribution in [2.24, 2.45) is 0 Å². The highest BCUT2D eigenvalue weighted by Crippen LogP contribution is 2.50. The maximum absolute atomic E-state index is 6.80. The van der Waals surface area contributed by atoms with Crippen LogP contribution in [0.15, 0.2) is 186 Å². The van der Waals surface area contributed by atoms with E-state index in [4.69, 9.17) is 4.42 Å². The molecule has 2 nitrogen and oxygen atoms in total. The normalized spacial score (nSPS) is 12.9. The van der Waals surface area contributed by atoms with Gasteiger partial charge in [-0.2, -0.15) is 0 Å². The molecular weight excluding hydrogens is 643 g/mol. The first-order chi connectivity index (χ1) is 26.3. The molecule has 11 rings (SSSR count). The smallest absolute Gasteiger partial charge is 0.139 e. The van der Waals surface area contributed by atoms with Crippen LogP contribution in [0.5, 0.6) is 0 Å². The molecule has 0 N–H and O–H groups in total. The minimum absolute atomic E-state index is 0.777. The Morgan fingerprint density at radius 1 is 0.453 bits per heavy atom. The summed E-state index contributed by atoms with van der Waals surface area (Å²) in [4.78, 5) is 2.41. The monoisotopic (exact) mass is 675 g/mol. The average molecular weight is 676 g/mol. The molecule has 0 fully saturated rings. The molecule has 8 aromatic carbocycles. The Morgan fingerprint density at radius 2 is 1.11 bits per heavy atom. The summed E-state index contributed by atoms with van der Waals surface area (Å²) in [5, 5.41) is 3.70. The van der Waals surface area contributed by atoms with Crippen LogP contribution in [0.4, 0.5) is 17.1 Å².